The molecule has 5 rings (SSSR count). The quantitative estimate of drug-likeness (QED) is 0.804. The first-order valence-corrected chi connectivity index (χ1v) is 8.43. The van der Waals surface area contributed by atoms with Gasteiger partial charge in [-0.1, -0.05) is 18.2 Å². The predicted molar refractivity (Wildman–Crippen MR) is 85.3 cm³/mol. The summed E-state index contributed by atoms with van der Waals surface area (Å²) in [6.07, 6.45) is 1.87. The molecule has 3 saturated heterocycles. The lowest BCUT2D eigenvalue weighted by Crippen LogP contribution is -2.56. The van der Waals surface area contributed by atoms with Gasteiger partial charge in [-0.3, -0.25) is 9.59 Å². The Hall–Kier alpha value is -2.34. The largest absolute Gasteiger partial charge is 0.451 e. The molecule has 24 heavy (non-hydrogen) atoms. The number of hydrogen-bond acceptors (Lipinski definition) is 4. The number of hydrogen-bond donors (Lipinski definition) is 0. The van der Waals surface area contributed by atoms with E-state index in [0.717, 1.165) is 18.4 Å². The highest BCUT2D eigenvalue weighted by Gasteiger charge is 2.61. The number of benzene rings is 1. The second kappa shape index (κ2) is 4.83. The number of para-hydroxylation sites is 1. The predicted octanol–water partition coefficient (Wildman–Crippen LogP) is 2.00. The molecular formula is C18H18N2O4. The van der Waals surface area contributed by atoms with E-state index in [4.69, 9.17) is 9.15 Å². The third-order valence-electron chi connectivity index (χ3n) is 5.51. The van der Waals surface area contributed by atoms with Crippen molar-refractivity contribution < 1.29 is 18.7 Å². The molecule has 3 fully saturated rings. The summed E-state index contributed by atoms with van der Waals surface area (Å²) in [6.45, 7) is 1.96. The standard InChI is InChI=1S/C18H18N2O4/c21-16-11-15-18(20(16)7-3-9-23-18)6-8-19(15)17(22)14-10-12-4-1-2-5-13(12)24-14/h1-2,4-5,10,15H,3,6-9,11H2/t15-,18+/m1/s1. The second-order valence-electron chi connectivity index (χ2n) is 6.71. The van der Waals surface area contributed by atoms with Gasteiger partial charge in [-0.25, -0.2) is 0 Å². The maximum absolute atomic E-state index is 13.0. The summed E-state index contributed by atoms with van der Waals surface area (Å²) >= 11 is 0. The van der Waals surface area contributed by atoms with E-state index < -0.39 is 5.72 Å². The van der Waals surface area contributed by atoms with Crippen LogP contribution in [-0.2, 0) is 9.53 Å². The van der Waals surface area contributed by atoms with Crippen molar-refractivity contribution in [1.82, 2.24) is 9.80 Å². The Morgan fingerprint density at radius 1 is 1.25 bits per heavy atom. The maximum atomic E-state index is 13.0. The van der Waals surface area contributed by atoms with Crippen molar-refractivity contribution in [2.75, 3.05) is 19.7 Å². The van der Waals surface area contributed by atoms with Gasteiger partial charge >= 0.3 is 0 Å². The minimum atomic E-state index is -0.614. The van der Waals surface area contributed by atoms with Gasteiger partial charge in [-0.05, 0) is 18.6 Å². The molecule has 3 aliphatic rings. The molecule has 1 aromatic carbocycles. The molecule has 0 unspecified atom stereocenters. The zero-order chi connectivity index (χ0) is 16.3. The summed E-state index contributed by atoms with van der Waals surface area (Å²) in [5, 5.41) is 0.910. The lowest BCUT2D eigenvalue weighted by atomic mass is 10.0. The van der Waals surface area contributed by atoms with Crippen LogP contribution in [0.1, 0.15) is 29.8 Å². The lowest BCUT2D eigenvalue weighted by molar-refractivity contribution is -0.179. The maximum Gasteiger partial charge on any atom is 0.290 e. The number of carbonyl (C=O) groups is 2. The number of amides is 2. The molecule has 0 bridgehead atoms. The molecule has 1 aromatic heterocycles. The molecule has 2 aromatic rings. The number of ether oxygens (including phenoxy) is 1. The van der Waals surface area contributed by atoms with Crippen LogP contribution < -0.4 is 0 Å². The van der Waals surface area contributed by atoms with E-state index in [9.17, 15) is 9.59 Å². The molecule has 0 aliphatic carbocycles. The van der Waals surface area contributed by atoms with Crippen molar-refractivity contribution in [2.24, 2.45) is 0 Å². The molecule has 124 valence electrons. The minimum Gasteiger partial charge on any atom is -0.451 e. The molecule has 2 amide bonds. The highest BCUT2D eigenvalue weighted by atomic mass is 16.5. The first-order valence-electron chi connectivity index (χ1n) is 8.43. The molecule has 0 radical (unpaired) electrons. The van der Waals surface area contributed by atoms with Gasteiger partial charge in [0.15, 0.2) is 11.5 Å². The lowest BCUT2D eigenvalue weighted by Gasteiger charge is -2.42. The molecule has 0 N–H and O–H groups in total. The number of carbonyl (C=O) groups excluding carboxylic acids is 2. The average Bonchev–Trinajstić information content (AvgIpc) is 3.24. The fourth-order valence-corrected chi connectivity index (χ4v) is 4.42. The van der Waals surface area contributed by atoms with Crippen LogP contribution in [-0.4, -0.2) is 53.1 Å². The van der Waals surface area contributed by atoms with Crippen molar-refractivity contribution in [2.45, 2.75) is 31.0 Å². The summed E-state index contributed by atoms with van der Waals surface area (Å²) in [5.41, 5.74) is 0.0876. The van der Waals surface area contributed by atoms with Gasteiger partial charge in [0.1, 0.15) is 5.58 Å². The van der Waals surface area contributed by atoms with Crippen LogP contribution in [0.3, 0.4) is 0 Å². The molecule has 0 saturated carbocycles. The summed E-state index contributed by atoms with van der Waals surface area (Å²) in [7, 11) is 0. The summed E-state index contributed by atoms with van der Waals surface area (Å²) in [6, 6.07) is 9.13. The summed E-state index contributed by atoms with van der Waals surface area (Å²) in [4.78, 5) is 28.9. The Morgan fingerprint density at radius 2 is 2.12 bits per heavy atom. The smallest absolute Gasteiger partial charge is 0.290 e. The molecular weight excluding hydrogens is 308 g/mol. The Labute approximate surface area is 138 Å². The normalized spacial score (nSPS) is 29.2. The third-order valence-corrected chi connectivity index (χ3v) is 5.51. The fraction of sp³-hybridized carbons (Fsp3) is 0.444. The highest BCUT2D eigenvalue weighted by molar-refractivity contribution is 5.97. The molecule has 1 spiro atoms. The third kappa shape index (κ3) is 1.74. The van der Waals surface area contributed by atoms with Crippen molar-refractivity contribution in [3.63, 3.8) is 0 Å². The van der Waals surface area contributed by atoms with Crippen LogP contribution in [0, 0.1) is 0 Å². The van der Waals surface area contributed by atoms with E-state index in [2.05, 4.69) is 0 Å². The van der Waals surface area contributed by atoms with Crippen LogP contribution >= 0.6 is 0 Å². The van der Waals surface area contributed by atoms with E-state index in [-0.39, 0.29) is 17.9 Å². The van der Waals surface area contributed by atoms with Gasteiger partial charge in [0, 0.05) is 24.9 Å². The highest BCUT2D eigenvalue weighted by Crippen LogP contribution is 2.45. The second-order valence-corrected chi connectivity index (χ2v) is 6.71. The van der Waals surface area contributed by atoms with Crippen molar-refractivity contribution in [3.05, 3.63) is 36.1 Å². The van der Waals surface area contributed by atoms with Gasteiger partial charge in [0.2, 0.25) is 5.91 Å². The Morgan fingerprint density at radius 3 is 3.00 bits per heavy atom. The van der Waals surface area contributed by atoms with Crippen molar-refractivity contribution in [3.8, 4) is 0 Å². The topological polar surface area (TPSA) is 63.0 Å². The summed E-state index contributed by atoms with van der Waals surface area (Å²) < 4.78 is 11.8. The van der Waals surface area contributed by atoms with Crippen molar-refractivity contribution >= 4 is 22.8 Å². The Kier molecular flexibility index (Phi) is 2.83. The zero-order valence-corrected chi connectivity index (χ0v) is 13.2. The van der Waals surface area contributed by atoms with Crippen LogP contribution in [0.2, 0.25) is 0 Å². The number of fused-ring (bicyclic) bond motifs is 1. The van der Waals surface area contributed by atoms with Crippen LogP contribution in [0.25, 0.3) is 11.0 Å². The molecule has 3 aliphatic heterocycles. The van der Waals surface area contributed by atoms with E-state index >= 15 is 0 Å². The number of furan rings is 1. The van der Waals surface area contributed by atoms with Gasteiger partial charge in [0.25, 0.3) is 5.91 Å². The van der Waals surface area contributed by atoms with E-state index in [1.54, 1.807) is 11.0 Å². The van der Waals surface area contributed by atoms with Crippen LogP contribution in [0.4, 0.5) is 0 Å². The van der Waals surface area contributed by atoms with E-state index in [1.807, 2.05) is 29.2 Å². The average molecular weight is 326 g/mol. The first kappa shape index (κ1) is 14.0. The first-order chi connectivity index (χ1) is 11.7. The van der Waals surface area contributed by atoms with Gasteiger partial charge < -0.3 is 19.0 Å². The van der Waals surface area contributed by atoms with E-state index in [0.29, 0.717) is 37.3 Å². The number of rotatable bonds is 1. The Balaban J connectivity index is 1.49. The molecule has 4 heterocycles. The zero-order valence-electron chi connectivity index (χ0n) is 13.2. The monoisotopic (exact) mass is 326 g/mol. The summed E-state index contributed by atoms with van der Waals surface area (Å²) in [5.74, 6) is 0.258. The SMILES string of the molecule is O=C(c1cc2ccccc2o1)N1CC[C@@]23OCCCN2C(=O)C[C@@H]13. The van der Waals surface area contributed by atoms with Crippen LogP contribution in [0.5, 0.6) is 0 Å². The fourth-order valence-electron chi connectivity index (χ4n) is 4.42. The number of likely N-dealkylation sites (tertiary alicyclic amines) is 1. The Bertz CT molecular complexity index is 811. The minimum absolute atomic E-state index is 0.0850. The van der Waals surface area contributed by atoms with Gasteiger partial charge in [-0.15, -0.1) is 0 Å². The molecule has 2 atom stereocenters. The molecule has 6 nitrogen and oxygen atoms in total. The van der Waals surface area contributed by atoms with Gasteiger partial charge in [0.05, 0.1) is 19.1 Å². The number of nitrogens with zero attached hydrogens (tertiary/aromatic N) is 2. The van der Waals surface area contributed by atoms with Crippen molar-refractivity contribution in [1.29, 1.82) is 0 Å². The van der Waals surface area contributed by atoms with E-state index in [1.165, 1.54) is 0 Å². The van der Waals surface area contributed by atoms with Crippen LogP contribution in [0.15, 0.2) is 34.7 Å². The van der Waals surface area contributed by atoms with Gasteiger partial charge in [-0.2, -0.15) is 0 Å². The molecule has 6 heteroatoms.